The van der Waals surface area contributed by atoms with Crippen molar-refractivity contribution in [3.63, 3.8) is 0 Å². The first-order valence-electron chi connectivity index (χ1n) is 17.1. The average molecular weight is 1020 g/mol. The van der Waals surface area contributed by atoms with Gasteiger partial charge in [-0.1, -0.05) is 0 Å². The molecule has 322 valence electrons. The summed E-state index contributed by atoms with van der Waals surface area (Å²) >= 11 is 0. The van der Waals surface area contributed by atoms with Crippen LogP contribution in [0.2, 0.25) is 0 Å². The van der Waals surface area contributed by atoms with E-state index in [0.29, 0.717) is 40.9 Å². The predicted octanol–water partition coefficient (Wildman–Crippen LogP) is 9.74. The van der Waals surface area contributed by atoms with E-state index in [4.69, 9.17) is 19.9 Å². The minimum Gasteiger partial charge on any atom is -0.489 e. The molecule has 3 N–H and O–H groups in total. The molecule has 0 radical (unpaired) electrons. The Morgan fingerprint density at radius 3 is 1.43 bits per heavy atom. The summed E-state index contributed by atoms with van der Waals surface area (Å²) in [5, 5.41) is 10.8. The zero-order chi connectivity index (χ0) is 40.9. The first-order chi connectivity index (χ1) is 26.0. The molecular weight excluding hydrogens is 966 g/mol. The summed E-state index contributed by atoms with van der Waals surface area (Å²) in [5.41, 5.74) is 6.35. The molecular formula is C38H50ClF6N8O4W-. The van der Waals surface area contributed by atoms with E-state index in [-0.39, 0.29) is 108 Å². The topological polar surface area (TPSA) is 144 Å². The third kappa shape index (κ3) is 16.4. The molecule has 0 saturated carbocycles. The van der Waals surface area contributed by atoms with E-state index in [1.165, 1.54) is 9.36 Å². The van der Waals surface area contributed by atoms with Gasteiger partial charge >= 0.3 is 6.09 Å². The van der Waals surface area contributed by atoms with Crippen LogP contribution in [-0.4, -0.2) is 67.5 Å². The Kier molecular flexibility index (Phi) is 23.2. The van der Waals surface area contributed by atoms with Crippen LogP contribution in [-0.2, 0) is 25.8 Å². The van der Waals surface area contributed by atoms with Crippen LogP contribution in [0.5, 0.6) is 11.5 Å². The molecule has 0 spiro atoms. The van der Waals surface area contributed by atoms with Crippen molar-refractivity contribution in [1.82, 2.24) is 34.8 Å². The summed E-state index contributed by atoms with van der Waals surface area (Å²) < 4.78 is 96.3. The fourth-order valence-corrected chi connectivity index (χ4v) is 4.48. The van der Waals surface area contributed by atoms with Crippen molar-refractivity contribution >= 4 is 18.5 Å². The molecule has 58 heavy (non-hydrogen) atoms. The van der Waals surface area contributed by atoms with E-state index in [2.05, 4.69) is 25.5 Å². The Labute approximate surface area is 355 Å². The van der Waals surface area contributed by atoms with Gasteiger partial charge < -0.3 is 32.7 Å². The molecule has 4 rings (SSSR count). The zero-order valence-corrected chi connectivity index (χ0v) is 37.1. The molecule has 2 aromatic carbocycles. The molecule has 0 saturated heterocycles. The van der Waals surface area contributed by atoms with E-state index in [1.54, 1.807) is 97.0 Å². The van der Waals surface area contributed by atoms with Crippen LogP contribution >= 0.6 is 12.4 Å². The second kappa shape index (κ2) is 25.2. The van der Waals surface area contributed by atoms with Crippen LogP contribution in [0.1, 0.15) is 85.0 Å². The fraction of sp³-hybridized carbons (Fsp3) is 0.421. The third-order valence-electron chi connectivity index (χ3n) is 7.19. The molecule has 0 aliphatic carbocycles. The van der Waals surface area contributed by atoms with E-state index in [9.17, 15) is 31.1 Å². The van der Waals surface area contributed by atoms with Crippen molar-refractivity contribution in [3.8, 4) is 34.3 Å². The molecule has 0 aliphatic rings. The predicted molar refractivity (Wildman–Crippen MR) is 208 cm³/mol. The number of nitrogens with two attached hydrogens (primary N) is 1. The fourth-order valence-electron chi connectivity index (χ4n) is 4.48. The van der Waals surface area contributed by atoms with Crippen molar-refractivity contribution in [1.29, 1.82) is 0 Å². The molecule has 0 atom stereocenters. The Morgan fingerprint density at radius 1 is 0.759 bits per heavy atom. The first kappa shape index (κ1) is 53.6. The second-order valence-electron chi connectivity index (χ2n) is 13.5. The van der Waals surface area contributed by atoms with Crippen molar-refractivity contribution in [3.05, 3.63) is 91.4 Å². The zero-order valence-electron chi connectivity index (χ0n) is 33.4. The normalized spacial score (nSPS) is 11.7. The summed E-state index contributed by atoms with van der Waals surface area (Å²) in [7, 11) is 0. The average Bonchev–Trinajstić information content (AvgIpc) is 3.79. The number of hydrogen-bond acceptors (Lipinski definition) is 9. The number of carbonyl (C=O) groups excluding carboxylic acids is 1. The number of hydrogen-bond donors (Lipinski definition) is 2. The molecule has 0 bridgehead atoms. The quantitative estimate of drug-likeness (QED) is 0.0879. The van der Waals surface area contributed by atoms with Gasteiger partial charge in [0.15, 0.2) is 23.3 Å². The maximum absolute atomic E-state index is 13.2. The molecule has 0 fully saturated rings. The van der Waals surface area contributed by atoms with Crippen molar-refractivity contribution in [2.24, 2.45) is 5.73 Å². The molecule has 1 amide bonds. The number of carbonyl (C=O) groups is 1. The molecule has 2 heterocycles. The van der Waals surface area contributed by atoms with Gasteiger partial charge in [0, 0.05) is 68.5 Å². The third-order valence-corrected chi connectivity index (χ3v) is 7.19. The molecule has 0 unspecified atom stereocenters. The molecule has 4 aromatic rings. The SMILES string of the molecule is CC(C)n1nc(-c2ccc(OC/C(=C/F)CN)cc2)nc1C(F)F.CC(C)n1nc(-c2ccc(OC/C(=C/F)CNC(=O)OC(C)(C)C)cc2)nc1C(F)F.Cl.[CH3-].[W]. The summed E-state index contributed by atoms with van der Waals surface area (Å²) in [4.78, 5) is 19.5. The summed E-state index contributed by atoms with van der Waals surface area (Å²) in [6.45, 7) is 12.1. The summed E-state index contributed by atoms with van der Waals surface area (Å²) in [5.74, 6) is 0.585. The number of alkyl halides is 4. The molecule has 12 nitrogen and oxygen atoms in total. The monoisotopic (exact) mass is 1020 g/mol. The molecule has 2 aromatic heterocycles. The van der Waals surface area contributed by atoms with Gasteiger partial charge in [0.05, 0.1) is 12.7 Å². The minimum atomic E-state index is -2.73. The maximum atomic E-state index is 13.2. The van der Waals surface area contributed by atoms with Crippen LogP contribution in [0.4, 0.5) is 31.1 Å². The Bertz CT molecular complexity index is 1830. The largest absolute Gasteiger partial charge is 0.489 e. The molecule has 0 aliphatic heterocycles. The number of benzene rings is 2. The number of aromatic nitrogens is 6. The van der Waals surface area contributed by atoms with E-state index in [0.717, 1.165) is 0 Å². The van der Waals surface area contributed by atoms with Crippen LogP contribution in [0.25, 0.3) is 22.8 Å². The van der Waals surface area contributed by atoms with Gasteiger partial charge in [0.1, 0.15) is 30.3 Å². The van der Waals surface area contributed by atoms with Crippen LogP contribution in [0.15, 0.2) is 72.3 Å². The van der Waals surface area contributed by atoms with Gasteiger partial charge in [-0.2, -0.15) is 10.2 Å². The number of halogens is 7. The smallest absolute Gasteiger partial charge is 0.407 e. The van der Waals surface area contributed by atoms with E-state index >= 15 is 0 Å². The standard InChI is InChI=1S/C21H27F3N4O3.C16H19F3N4O.CH3.ClH.W/c1-13(2)28-19(17(23)24)26-18(27-28)15-6-8-16(9-7-15)30-12-14(10-22)11-25-20(29)31-21(3,4)5;1-10(2)23-16(14(18)19)21-15(22-23)12-3-5-13(6-4-12)24-9-11(7-17)8-20;;;/h6-10,13,17H,11-12H2,1-5H3,(H,25,29);3-7,10,14H,8-9,20H2,1-2H3;1H3;1H;/q;;-1;;/b14-10+;11-7+;;;. The summed E-state index contributed by atoms with van der Waals surface area (Å²) in [6.07, 6.45) is -5.31. The number of nitrogens with one attached hydrogen (secondary N) is 1. The van der Waals surface area contributed by atoms with E-state index in [1.807, 2.05) is 0 Å². The van der Waals surface area contributed by atoms with Gasteiger partial charge in [-0.05, 0) is 97.0 Å². The minimum absolute atomic E-state index is 0. The van der Waals surface area contributed by atoms with Crippen molar-refractivity contribution in [2.45, 2.75) is 79.0 Å². The second-order valence-corrected chi connectivity index (χ2v) is 13.5. The van der Waals surface area contributed by atoms with Crippen LogP contribution in [0.3, 0.4) is 0 Å². The van der Waals surface area contributed by atoms with E-state index < -0.39 is 24.5 Å². The number of ether oxygens (including phenoxy) is 3. The molecule has 20 heteroatoms. The Balaban J connectivity index is 0.00000109. The van der Waals surface area contributed by atoms with Gasteiger partial charge in [0.2, 0.25) is 0 Å². The van der Waals surface area contributed by atoms with Gasteiger partial charge in [-0.3, -0.25) is 0 Å². The Morgan fingerprint density at radius 2 is 1.14 bits per heavy atom. The Hall–Kier alpha value is -4.41. The number of nitrogens with zero attached hydrogens (tertiary/aromatic N) is 6. The van der Waals surface area contributed by atoms with Crippen molar-refractivity contribution in [2.75, 3.05) is 26.3 Å². The number of alkyl carbamates (subject to hydrolysis) is 1. The number of amides is 1. The maximum Gasteiger partial charge on any atom is 0.407 e. The van der Waals surface area contributed by atoms with Gasteiger partial charge in [0.25, 0.3) is 12.9 Å². The van der Waals surface area contributed by atoms with Gasteiger partial charge in [-0.25, -0.2) is 50.5 Å². The van der Waals surface area contributed by atoms with Crippen LogP contribution in [0, 0.1) is 7.43 Å². The number of rotatable bonds is 15. The van der Waals surface area contributed by atoms with Crippen molar-refractivity contribution < 1.29 is 66.4 Å². The summed E-state index contributed by atoms with van der Waals surface area (Å²) in [6, 6.07) is 12.6. The van der Waals surface area contributed by atoms with Gasteiger partial charge in [-0.15, -0.1) is 12.4 Å². The van der Waals surface area contributed by atoms with Crippen LogP contribution < -0.4 is 20.5 Å². The first-order valence-corrected chi connectivity index (χ1v) is 17.1.